The Kier molecular flexibility index (Phi) is 3.94. The van der Waals surface area contributed by atoms with Crippen molar-refractivity contribution in [2.75, 3.05) is 20.2 Å². The molecule has 2 aromatic carbocycles. The van der Waals surface area contributed by atoms with Gasteiger partial charge in [0.15, 0.2) is 5.72 Å². The molecule has 5 rings (SSSR count). The van der Waals surface area contributed by atoms with Crippen molar-refractivity contribution in [1.82, 2.24) is 20.2 Å². The molecule has 0 saturated carbocycles. The number of methoxy groups -OCH3 is 1. The fraction of sp³-hybridized carbons (Fsp3) is 0.286. The van der Waals surface area contributed by atoms with E-state index >= 15 is 0 Å². The van der Waals surface area contributed by atoms with Crippen molar-refractivity contribution in [1.29, 1.82) is 0 Å². The normalized spacial score (nSPS) is 17.6. The summed E-state index contributed by atoms with van der Waals surface area (Å²) < 4.78 is 11.5. The molecule has 1 saturated heterocycles. The van der Waals surface area contributed by atoms with Gasteiger partial charge in [-0.3, -0.25) is 9.59 Å². The van der Waals surface area contributed by atoms with Crippen molar-refractivity contribution < 1.29 is 19.1 Å². The minimum atomic E-state index is -0.805. The summed E-state index contributed by atoms with van der Waals surface area (Å²) in [5.74, 6) is 0.739. The number of fused-ring (bicyclic) bond motifs is 2. The predicted octanol–water partition coefficient (Wildman–Crippen LogP) is 2.33. The number of piperidine rings is 1. The number of amides is 2. The lowest BCUT2D eigenvalue weighted by Crippen LogP contribution is -2.61. The lowest BCUT2D eigenvalue weighted by molar-refractivity contribution is -0.0248. The number of carbonyl (C=O) groups excluding carboxylic acids is 2. The van der Waals surface area contributed by atoms with Crippen molar-refractivity contribution in [2.24, 2.45) is 0 Å². The zero-order valence-electron chi connectivity index (χ0n) is 15.9. The SMILES string of the molecule is COc1cccc2c1C(=O)NC1(CCN(C(=O)c3ccc4nc[nH]c4c3)CC1)O2. The van der Waals surface area contributed by atoms with Crippen molar-refractivity contribution in [3.05, 3.63) is 53.9 Å². The highest BCUT2D eigenvalue weighted by Crippen LogP contribution is 2.37. The fourth-order valence-corrected chi connectivity index (χ4v) is 4.04. The van der Waals surface area contributed by atoms with Gasteiger partial charge in [0.1, 0.15) is 17.1 Å². The molecule has 0 radical (unpaired) electrons. The highest BCUT2D eigenvalue weighted by Gasteiger charge is 2.44. The van der Waals surface area contributed by atoms with E-state index in [1.807, 2.05) is 12.1 Å². The molecule has 2 N–H and O–H groups in total. The summed E-state index contributed by atoms with van der Waals surface area (Å²) in [5.41, 5.74) is 1.87. The number of rotatable bonds is 2. The average Bonchev–Trinajstić information content (AvgIpc) is 3.21. The number of ether oxygens (including phenoxy) is 2. The standard InChI is InChI=1S/C21H20N4O4/c1-28-16-3-2-4-17-18(16)19(26)24-21(29-17)7-9-25(10-8-21)20(27)13-5-6-14-15(11-13)23-12-22-14/h2-6,11-12H,7-10H2,1H3,(H,22,23)(H,24,26). The van der Waals surface area contributed by atoms with Gasteiger partial charge in [-0.15, -0.1) is 0 Å². The van der Waals surface area contributed by atoms with Gasteiger partial charge in [0.2, 0.25) is 0 Å². The Morgan fingerprint density at radius 1 is 1.24 bits per heavy atom. The van der Waals surface area contributed by atoms with Gasteiger partial charge in [-0.05, 0) is 30.3 Å². The molecule has 2 aliphatic rings. The first-order valence-electron chi connectivity index (χ1n) is 9.49. The van der Waals surface area contributed by atoms with E-state index in [-0.39, 0.29) is 11.8 Å². The number of hydrogen-bond donors (Lipinski definition) is 2. The number of aromatic amines is 1. The first kappa shape index (κ1) is 17.5. The lowest BCUT2D eigenvalue weighted by Gasteiger charge is -2.44. The maximum atomic E-state index is 12.9. The Labute approximate surface area is 166 Å². The van der Waals surface area contributed by atoms with Crippen LogP contribution in [0.25, 0.3) is 11.0 Å². The van der Waals surface area contributed by atoms with Crippen LogP contribution < -0.4 is 14.8 Å². The molecule has 1 fully saturated rings. The van der Waals surface area contributed by atoms with Crippen LogP contribution in [0.4, 0.5) is 0 Å². The summed E-state index contributed by atoms with van der Waals surface area (Å²) in [6, 6.07) is 10.7. The fourth-order valence-electron chi connectivity index (χ4n) is 4.04. The summed E-state index contributed by atoms with van der Waals surface area (Å²) in [7, 11) is 1.53. The maximum absolute atomic E-state index is 12.9. The predicted molar refractivity (Wildman–Crippen MR) is 105 cm³/mol. The molecule has 148 valence electrons. The third-order valence-electron chi connectivity index (χ3n) is 5.61. The molecule has 1 spiro atoms. The van der Waals surface area contributed by atoms with Gasteiger partial charge >= 0.3 is 0 Å². The number of nitrogens with zero attached hydrogens (tertiary/aromatic N) is 2. The quantitative estimate of drug-likeness (QED) is 0.698. The molecule has 3 heterocycles. The third-order valence-corrected chi connectivity index (χ3v) is 5.61. The van der Waals surface area contributed by atoms with E-state index < -0.39 is 5.72 Å². The van der Waals surface area contributed by atoms with E-state index in [1.165, 1.54) is 7.11 Å². The molecule has 0 bridgehead atoms. The summed E-state index contributed by atoms with van der Waals surface area (Å²) >= 11 is 0. The van der Waals surface area contributed by atoms with Gasteiger partial charge in [-0.2, -0.15) is 0 Å². The van der Waals surface area contributed by atoms with Gasteiger partial charge in [0, 0.05) is 31.5 Å². The highest BCUT2D eigenvalue weighted by atomic mass is 16.5. The van der Waals surface area contributed by atoms with Crippen LogP contribution in [0.15, 0.2) is 42.7 Å². The van der Waals surface area contributed by atoms with Crippen LogP contribution in [0, 0.1) is 0 Å². The van der Waals surface area contributed by atoms with E-state index in [9.17, 15) is 9.59 Å². The molecule has 2 amide bonds. The number of imidazole rings is 1. The van der Waals surface area contributed by atoms with Crippen LogP contribution in [-0.4, -0.2) is 52.6 Å². The van der Waals surface area contributed by atoms with Crippen LogP contribution in [0.1, 0.15) is 33.6 Å². The molecule has 0 unspecified atom stereocenters. The smallest absolute Gasteiger partial charge is 0.261 e. The second-order valence-corrected chi connectivity index (χ2v) is 7.31. The van der Waals surface area contributed by atoms with Crippen LogP contribution in [0.3, 0.4) is 0 Å². The summed E-state index contributed by atoms with van der Waals surface area (Å²) in [4.78, 5) is 34.6. The van der Waals surface area contributed by atoms with Gasteiger partial charge < -0.3 is 24.7 Å². The van der Waals surface area contributed by atoms with Crippen molar-refractivity contribution in [2.45, 2.75) is 18.6 Å². The van der Waals surface area contributed by atoms with E-state index in [0.29, 0.717) is 48.6 Å². The number of benzene rings is 2. The largest absolute Gasteiger partial charge is 0.496 e. The average molecular weight is 392 g/mol. The molecule has 8 heteroatoms. The minimum Gasteiger partial charge on any atom is -0.496 e. The number of carbonyl (C=O) groups is 2. The van der Waals surface area contributed by atoms with Gasteiger partial charge in [0.25, 0.3) is 11.8 Å². The van der Waals surface area contributed by atoms with Crippen molar-refractivity contribution in [3.8, 4) is 11.5 Å². The molecular weight excluding hydrogens is 372 g/mol. The molecule has 1 aromatic heterocycles. The second kappa shape index (κ2) is 6.51. The number of hydrogen-bond acceptors (Lipinski definition) is 5. The molecule has 8 nitrogen and oxygen atoms in total. The number of nitrogens with one attached hydrogen (secondary N) is 2. The van der Waals surface area contributed by atoms with Gasteiger partial charge in [0.05, 0.1) is 24.5 Å². The first-order valence-corrected chi connectivity index (χ1v) is 9.49. The Morgan fingerprint density at radius 2 is 2.07 bits per heavy atom. The first-order chi connectivity index (χ1) is 14.1. The van der Waals surface area contributed by atoms with E-state index in [0.717, 1.165) is 11.0 Å². The van der Waals surface area contributed by atoms with E-state index in [1.54, 1.807) is 35.5 Å². The monoisotopic (exact) mass is 392 g/mol. The molecule has 29 heavy (non-hydrogen) atoms. The van der Waals surface area contributed by atoms with Gasteiger partial charge in [-0.25, -0.2) is 4.98 Å². The lowest BCUT2D eigenvalue weighted by atomic mass is 9.96. The molecule has 2 aliphatic heterocycles. The van der Waals surface area contributed by atoms with Crippen LogP contribution >= 0.6 is 0 Å². The second-order valence-electron chi connectivity index (χ2n) is 7.31. The van der Waals surface area contributed by atoms with Crippen LogP contribution in [0.2, 0.25) is 0 Å². The Morgan fingerprint density at radius 3 is 2.86 bits per heavy atom. The van der Waals surface area contributed by atoms with Crippen LogP contribution in [0.5, 0.6) is 11.5 Å². The Hall–Kier alpha value is -3.55. The Bertz CT molecular complexity index is 1110. The molecule has 0 aliphatic carbocycles. The van der Waals surface area contributed by atoms with Crippen molar-refractivity contribution in [3.63, 3.8) is 0 Å². The van der Waals surface area contributed by atoms with E-state index in [4.69, 9.17) is 9.47 Å². The third kappa shape index (κ3) is 2.88. The minimum absolute atomic E-state index is 0.0412. The van der Waals surface area contributed by atoms with E-state index in [2.05, 4.69) is 15.3 Å². The molecule has 0 atom stereocenters. The number of aromatic nitrogens is 2. The summed E-state index contributed by atoms with van der Waals surface area (Å²) in [6.07, 6.45) is 2.63. The molecular formula is C21H20N4O4. The summed E-state index contributed by atoms with van der Waals surface area (Å²) in [5, 5.41) is 2.99. The van der Waals surface area contributed by atoms with Crippen LogP contribution in [-0.2, 0) is 0 Å². The Balaban J connectivity index is 1.33. The van der Waals surface area contributed by atoms with Gasteiger partial charge in [-0.1, -0.05) is 6.07 Å². The summed E-state index contributed by atoms with van der Waals surface area (Å²) in [6.45, 7) is 0.971. The highest BCUT2D eigenvalue weighted by molar-refractivity contribution is 6.01. The number of likely N-dealkylation sites (tertiary alicyclic amines) is 1. The topological polar surface area (TPSA) is 96.5 Å². The molecule has 3 aromatic rings. The zero-order valence-corrected chi connectivity index (χ0v) is 15.9. The number of H-pyrrole nitrogens is 1. The maximum Gasteiger partial charge on any atom is 0.261 e. The zero-order chi connectivity index (χ0) is 20.0. The van der Waals surface area contributed by atoms with Crippen molar-refractivity contribution >= 4 is 22.8 Å².